The van der Waals surface area contributed by atoms with Gasteiger partial charge in [0.15, 0.2) is 0 Å². The van der Waals surface area contributed by atoms with Crippen LogP contribution in [0.3, 0.4) is 0 Å². The number of unbranched alkanes of at least 4 members (excludes halogenated alkanes) is 42. The number of rotatable bonds is 59. The van der Waals surface area contributed by atoms with Crippen molar-refractivity contribution in [2.45, 2.75) is 353 Å². The van der Waals surface area contributed by atoms with E-state index in [9.17, 15) is 19.8 Å². The van der Waals surface area contributed by atoms with Crippen molar-refractivity contribution in [3.8, 4) is 0 Å². The molecule has 0 spiro atoms. The van der Waals surface area contributed by atoms with E-state index < -0.39 is 12.1 Å². The molecule has 2 atom stereocenters. The number of aliphatic hydroxyl groups is 2. The Morgan fingerprint density at radius 3 is 1.13 bits per heavy atom. The molecule has 0 fully saturated rings. The molecule has 0 aromatic rings. The van der Waals surface area contributed by atoms with Crippen molar-refractivity contribution in [2.24, 2.45) is 0 Å². The van der Waals surface area contributed by atoms with Gasteiger partial charge in [0.25, 0.3) is 0 Å². The Morgan fingerprint density at radius 2 is 0.718 bits per heavy atom. The highest BCUT2D eigenvalue weighted by Crippen LogP contribution is 2.18. The number of hydrogen-bond acceptors (Lipinski definition) is 5. The van der Waals surface area contributed by atoms with Crippen LogP contribution in [0.15, 0.2) is 36.5 Å². The molecule has 0 aromatic carbocycles. The van der Waals surface area contributed by atoms with Gasteiger partial charge in [-0.3, -0.25) is 9.59 Å². The molecule has 0 aliphatic rings. The smallest absolute Gasteiger partial charge is 0.305 e. The largest absolute Gasteiger partial charge is 0.466 e. The van der Waals surface area contributed by atoms with Crippen LogP contribution < -0.4 is 5.32 Å². The highest BCUT2D eigenvalue weighted by atomic mass is 16.5. The van der Waals surface area contributed by atoms with Crippen LogP contribution >= 0.6 is 0 Å². The van der Waals surface area contributed by atoms with Crippen molar-refractivity contribution in [2.75, 3.05) is 13.2 Å². The molecule has 1 amide bonds. The summed E-state index contributed by atoms with van der Waals surface area (Å²) in [6, 6.07) is -0.556. The average molecular weight is 999 g/mol. The van der Waals surface area contributed by atoms with E-state index in [0.29, 0.717) is 25.9 Å². The maximum Gasteiger partial charge on any atom is 0.305 e. The third kappa shape index (κ3) is 57.2. The predicted octanol–water partition coefficient (Wildman–Crippen LogP) is 20.0. The van der Waals surface area contributed by atoms with Gasteiger partial charge in [0, 0.05) is 12.8 Å². The number of hydrogen-bond donors (Lipinski definition) is 3. The molecule has 6 nitrogen and oxygen atoms in total. The standard InChI is InChI=1S/C65H123NO5/c1-3-5-7-9-11-13-15-17-19-20-21-22-23-24-25-26-27-30-33-37-41-45-49-53-57-63(68)62(61-67)66-64(69)58-54-50-46-42-38-34-31-28-29-32-36-40-44-48-52-56-60-71-65(70)59-55-51-47-43-39-35-18-16-14-12-10-8-6-4-2/h10,12,16,18,28,31,62-63,67-68H,3-9,11,13-15,17,19-27,29-30,32-61H2,1-2H3,(H,66,69)/b12-10-,18-16-,31-28-. The third-order valence-electron chi connectivity index (χ3n) is 14.7. The summed E-state index contributed by atoms with van der Waals surface area (Å²) in [6.07, 6.45) is 75.8. The molecule has 0 rings (SSSR count). The molecule has 0 bridgehead atoms. The van der Waals surface area contributed by atoms with Crippen LogP contribution in [0.4, 0.5) is 0 Å². The number of nitrogens with one attached hydrogen (secondary N) is 1. The van der Waals surface area contributed by atoms with Crippen molar-refractivity contribution in [1.82, 2.24) is 5.32 Å². The molecule has 2 unspecified atom stereocenters. The van der Waals surface area contributed by atoms with Gasteiger partial charge < -0.3 is 20.3 Å². The lowest BCUT2D eigenvalue weighted by atomic mass is 10.0. The van der Waals surface area contributed by atoms with Crippen LogP contribution in [0.2, 0.25) is 0 Å². The molecule has 6 heteroatoms. The van der Waals surface area contributed by atoms with E-state index in [4.69, 9.17) is 4.74 Å². The predicted molar refractivity (Wildman–Crippen MR) is 310 cm³/mol. The van der Waals surface area contributed by atoms with E-state index in [1.165, 1.54) is 238 Å². The van der Waals surface area contributed by atoms with Gasteiger partial charge >= 0.3 is 5.97 Å². The van der Waals surface area contributed by atoms with E-state index in [1.807, 2.05) is 0 Å². The molecule has 0 aliphatic carbocycles. The van der Waals surface area contributed by atoms with Gasteiger partial charge in [-0.1, -0.05) is 288 Å². The lowest BCUT2D eigenvalue weighted by Crippen LogP contribution is -2.45. The van der Waals surface area contributed by atoms with Crippen LogP contribution in [0.5, 0.6) is 0 Å². The number of amides is 1. The summed E-state index contributed by atoms with van der Waals surface area (Å²) in [5, 5.41) is 23.4. The van der Waals surface area contributed by atoms with E-state index in [2.05, 4.69) is 55.6 Å². The quantitative estimate of drug-likeness (QED) is 0.0321. The Bertz CT molecular complexity index is 1150. The molecule has 0 radical (unpaired) electrons. The zero-order valence-corrected chi connectivity index (χ0v) is 47.7. The Labute approximate surface area is 443 Å². The first-order chi connectivity index (χ1) is 35.0. The van der Waals surface area contributed by atoms with Crippen molar-refractivity contribution in [3.05, 3.63) is 36.5 Å². The topological polar surface area (TPSA) is 95.9 Å². The fourth-order valence-electron chi connectivity index (χ4n) is 9.77. The van der Waals surface area contributed by atoms with Gasteiger partial charge in [-0.05, 0) is 77.0 Å². The van der Waals surface area contributed by atoms with Crippen LogP contribution in [-0.2, 0) is 14.3 Å². The molecule has 3 N–H and O–H groups in total. The lowest BCUT2D eigenvalue weighted by molar-refractivity contribution is -0.143. The first kappa shape index (κ1) is 69.1. The van der Waals surface area contributed by atoms with Crippen molar-refractivity contribution in [1.29, 1.82) is 0 Å². The van der Waals surface area contributed by atoms with E-state index in [0.717, 1.165) is 70.6 Å². The van der Waals surface area contributed by atoms with E-state index in [1.54, 1.807) is 0 Å². The third-order valence-corrected chi connectivity index (χ3v) is 14.7. The summed E-state index contributed by atoms with van der Waals surface area (Å²) in [6.45, 7) is 4.90. The molecule has 0 saturated heterocycles. The lowest BCUT2D eigenvalue weighted by Gasteiger charge is -2.22. The minimum Gasteiger partial charge on any atom is -0.466 e. The van der Waals surface area contributed by atoms with E-state index in [-0.39, 0.29) is 18.5 Å². The first-order valence-electron chi connectivity index (χ1n) is 31.7. The Morgan fingerprint density at radius 1 is 0.394 bits per heavy atom. The average Bonchev–Trinajstić information content (AvgIpc) is 3.37. The highest BCUT2D eigenvalue weighted by molar-refractivity contribution is 5.76. The minimum absolute atomic E-state index is 0.0169. The van der Waals surface area contributed by atoms with Gasteiger partial charge in [-0.2, -0.15) is 0 Å². The molecule has 0 aliphatic heterocycles. The monoisotopic (exact) mass is 998 g/mol. The number of esters is 1. The van der Waals surface area contributed by atoms with Gasteiger partial charge in [-0.15, -0.1) is 0 Å². The highest BCUT2D eigenvalue weighted by Gasteiger charge is 2.20. The van der Waals surface area contributed by atoms with Crippen molar-refractivity contribution in [3.63, 3.8) is 0 Å². The summed E-state index contributed by atoms with van der Waals surface area (Å²) in [7, 11) is 0. The molecular weight excluding hydrogens is 875 g/mol. The zero-order chi connectivity index (χ0) is 51.4. The molecule has 0 aromatic heterocycles. The van der Waals surface area contributed by atoms with Crippen LogP contribution in [0.1, 0.15) is 341 Å². The molecular formula is C65H123NO5. The second kappa shape index (κ2) is 60.6. The number of aliphatic hydroxyl groups excluding tert-OH is 2. The first-order valence-corrected chi connectivity index (χ1v) is 31.7. The Hall–Kier alpha value is -1.92. The summed E-state index contributed by atoms with van der Waals surface area (Å²) >= 11 is 0. The number of carbonyl (C=O) groups is 2. The number of allylic oxidation sites excluding steroid dienone is 6. The van der Waals surface area contributed by atoms with Crippen LogP contribution in [0.25, 0.3) is 0 Å². The zero-order valence-electron chi connectivity index (χ0n) is 47.7. The number of ether oxygens (including phenoxy) is 1. The van der Waals surface area contributed by atoms with Crippen molar-refractivity contribution < 1.29 is 24.5 Å². The summed E-state index contributed by atoms with van der Waals surface area (Å²) in [4.78, 5) is 24.6. The molecule has 71 heavy (non-hydrogen) atoms. The number of carbonyl (C=O) groups excluding carboxylic acids is 2. The molecule has 0 saturated carbocycles. The second-order valence-electron chi connectivity index (χ2n) is 21.7. The molecule has 418 valence electrons. The van der Waals surface area contributed by atoms with Crippen LogP contribution in [0, 0.1) is 0 Å². The SMILES string of the molecule is CCCC/C=C\C/C=C\CCCCCCCC(=O)OCCCCCCCCC/C=C\CCCCCCCC(=O)NC(CO)C(O)CCCCCCCCCCCCCCCCCCCCCCCCCC. The Kier molecular flexibility index (Phi) is 59.0. The van der Waals surface area contributed by atoms with Gasteiger partial charge in [0.1, 0.15) is 0 Å². The van der Waals surface area contributed by atoms with E-state index >= 15 is 0 Å². The second-order valence-corrected chi connectivity index (χ2v) is 21.7. The maximum absolute atomic E-state index is 12.5. The molecule has 0 heterocycles. The van der Waals surface area contributed by atoms with Gasteiger partial charge in [0.05, 0.1) is 25.4 Å². The van der Waals surface area contributed by atoms with Crippen molar-refractivity contribution >= 4 is 11.9 Å². The summed E-state index contributed by atoms with van der Waals surface area (Å²) in [5.74, 6) is -0.0664. The van der Waals surface area contributed by atoms with Gasteiger partial charge in [-0.25, -0.2) is 0 Å². The summed E-state index contributed by atoms with van der Waals surface area (Å²) in [5.41, 5.74) is 0. The fraction of sp³-hybridized carbons (Fsp3) is 0.877. The fourth-order valence-corrected chi connectivity index (χ4v) is 9.77. The van der Waals surface area contributed by atoms with Gasteiger partial charge in [0.2, 0.25) is 5.91 Å². The maximum atomic E-state index is 12.5. The normalized spacial score (nSPS) is 12.8. The summed E-state index contributed by atoms with van der Waals surface area (Å²) < 4.78 is 5.46. The minimum atomic E-state index is -0.677. The van der Waals surface area contributed by atoms with Crippen LogP contribution in [-0.4, -0.2) is 47.4 Å². The Balaban J connectivity index is 3.47.